The number of fused-ring (bicyclic) bond motifs is 2. The molecular weight excluding hydrogens is 354 g/mol. The lowest BCUT2D eigenvalue weighted by Gasteiger charge is -2.23. The van der Waals surface area contributed by atoms with E-state index in [0.29, 0.717) is 28.8 Å². The molecule has 0 saturated carbocycles. The van der Waals surface area contributed by atoms with Gasteiger partial charge in [0.05, 0.1) is 31.4 Å². The summed E-state index contributed by atoms with van der Waals surface area (Å²) in [6, 6.07) is 13.0. The van der Waals surface area contributed by atoms with E-state index in [1.165, 1.54) is 0 Å². The molecule has 1 aliphatic carbocycles. The molecule has 0 bridgehead atoms. The number of aromatic carboxylic acids is 1. The zero-order valence-electron chi connectivity index (χ0n) is 15.8. The van der Waals surface area contributed by atoms with E-state index in [9.17, 15) is 9.90 Å². The normalized spacial score (nSPS) is 14.7. The van der Waals surface area contributed by atoms with Crippen LogP contribution >= 0.6 is 0 Å². The Balaban J connectivity index is 1.95. The first kappa shape index (κ1) is 18.0. The Hall–Kier alpha value is -3.34. The van der Waals surface area contributed by atoms with E-state index in [1.807, 2.05) is 42.5 Å². The highest BCUT2D eigenvalue weighted by atomic mass is 16.5. The first-order valence-corrected chi connectivity index (χ1v) is 9.19. The van der Waals surface area contributed by atoms with Crippen molar-refractivity contribution in [2.24, 2.45) is 0 Å². The average Bonchev–Trinajstić information content (AvgIpc) is 2.71. The summed E-state index contributed by atoms with van der Waals surface area (Å²) < 4.78 is 10.9. The van der Waals surface area contributed by atoms with E-state index in [1.54, 1.807) is 20.3 Å². The number of allylic oxidation sites excluding steroid dienone is 1. The second-order valence-corrected chi connectivity index (χ2v) is 6.72. The van der Waals surface area contributed by atoms with Crippen molar-refractivity contribution >= 4 is 28.5 Å². The molecule has 1 aromatic heterocycles. The topological polar surface area (TPSA) is 71.5 Å². The van der Waals surface area contributed by atoms with Gasteiger partial charge in [-0.15, -0.1) is 0 Å². The third kappa shape index (κ3) is 2.99. The highest BCUT2D eigenvalue weighted by Gasteiger charge is 2.22. The minimum absolute atomic E-state index is 0.254. The number of aromatic nitrogens is 1. The van der Waals surface area contributed by atoms with Crippen molar-refractivity contribution in [2.45, 2.75) is 19.3 Å². The lowest BCUT2D eigenvalue weighted by molar-refractivity contribution is -0.254. The average molecular weight is 374 g/mol. The number of carboxylic acids is 1. The van der Waals surface area contributed by atoms with Crippen molar-refractivity contribution in [3.8, 4) is 11.5 Å². The number of methoxy groups -OCH3 is 2. The number of carbonyl (C=O) groups is 1. The molecule has 1 heterocycles. The predicted molar refractivity (Wildman–Crippen MR) is 106 cm³/mol. The summed E-state index contributed by atoms with van der Waals surface area (Å²) in [6.07, 6.45) is 4.35. The highest BCUT2D eigenvalue weighted by molar-refractivity contribution is 6.05. The van der Waals surface area contributed by atoms with Gasteiger partial charge in [-0.05, 0) is 48.6 Å². The number of carbonyl (C=O) groups excluding carboxylic acids is 1. The van der Waals surface area contributed by atoms with Gasteiger partial charge in [0.2, 0.25) is 0 Å². The van der Waals surface area contributed by atoms with Gasteiger partial charge in [-0.25, -0.2) is 4.98 Å². The van der Waals surface area contributed by atoms with Gasteiger partial charge in [-0.2, -0.15) is 0 Å². The fraction of sp³-hybridized carbons (Fsp3) is 0.217. The van der Waals surface area contributed by atoms with Crippen molar-refractivity contribution in [2.75, 3.05) is 14.2 Å². The van der Waals surface area contributed by atoms with Crippen molar-refractivity contribution < 1.29 is 19.4 Å². The van der Waals surface area contributed by atoms with Gasteiger partial charge in [0.1, 0.15) is 0 Å². The smallest absolute Gasteiger partial charge is 0.167 e. The SMILES string of the molecule is COc1cccc(/C=C2\CCCc3c2nc2ccccc2c3C(=O)[O-])c1OC. The summed E-state index contributed by atoms with van der Waals surface area (Å²) in [5, 5.41) is 12.6. The number of nitrogens with zero attached hydrogens (tertiary/aromatic N) is 1. The molecule has 0 atom stereocenters. The fourth-order valence-corrected chi connectivity index (χ4v) is 3.92. The second-order valence-electron chi connectivity index (χ2n) is 6.72. The lowest BCUT2D eigenvalue weighted by Crippen LogP contribution is -2.26. The van der Waals surface area contributed by atoms with Gasteiger partial charge < -0.3 is 19.4 Å². The Kier molecular flexibility index (Phi) is 4.74. The molecule has 2 aromatic carbocycles. The van der Waals surface area contributed by atoms with Crippen LogP contribution in [0.3, 0.4) is 0 Å². The highest BCUT2D eigenvalue weighted by Crippen LogP contribution is 2.38. The molecule has 0 aliphatic heterocycles. The molecule has 3 aromatic rings. The Morgan fingerprint density at radius 3 is 2.64 bits per heavy atom. The van der Waals surface area contributed by atoms with Gasteiger partial charge in [0.15, 0.2) is 11.5 Å². The Bertz CT molecular complexity index is 1100. The zero-order valence-corrected chi connectivity index (χ0v) is 15.8. The maximum Gasteiger partial charge on any atom is 0.167 e. The molecule has 5 nitrogen and oxygen atoms in total. The largest absolute Gasteiger partial charge is 0.545 e. The first-order valence-electron chi connectivity index (χ1n) is 9.19. The summed E-state index contributed by atoms with van der Waals surface area (Å²) in [5.41, 5.74) is 4.25. The third-order valence-corrected chi connectivity index (χ3v) is 5.14. The van der Waals surface area contributed by atoms with Crippen LogP contribution < -0.4 is 14.6 Å². The molecule has 28 heavy (non-hydrogen) atoms. The maximum atomic E-state index is 11.9. The van der Waals surface area contributed by atoms with Gasteiger partial charge in [-0.3, -0.25) is 0 Å². The van der Waals surface area contributed by atoms with Crippen molar-refractivity contribution in [1.82, 2.24) is 4.98 Å². The lowest BCUT2D eigenvalue weighted by atomic mass is 9.86. The number of para-hydroxylation sites is 2. The maximum absolute atomic E-state index is 11.9. The minimum atomic E-state index is -1.16. The zero-order chi connectivity index (χ0) is 19.7. The molecule has 0 N–H and O–H groups in total. The van der Waals surface area contributed by atoms with E-state index in [-0.39, 0.29) is 5.56 Å². The molecule has 0 unspecified atom stereocenters. The van der Waals surface area contributed by atoms with Gasteiger partial charge in [0, 0.05) is 16.5 Å². The monoisotopic (exact) mass is 374 g/mol. The number of hydrogen-bond acceptors (Lipinski definition) is 5. The van der Waals surface area contributed by atoms with Crippen LogP contribution in [0.2, 0.25) is 0 Å². The van der Waals surface area contributed by atoms with E-state index in [2.05, 4.69) is 0 Å². The fourth-order valence-electron chi connectivity index (χ4n) is 3.92. The first-order chi connectivity index (χ1) is 13.6. The number of carboxylic acid groups (broad SMARTS) is 1. The van der Waals surface area contributed by atoms with E-state index < -0.39 is 5.97 Å². The van der Waals surface area contributed by atoms with E-state index in [0.717, 1.165) is 35.2 Å². The number of benzene rings is 2. The van der Waals surface area contributed by atoms with E-state index in [4.69, 9.17) is 14.5 Å². The summed E-state index contributed by atoms with van der Waals surface area (Å²) in [7, 11) is 3.21. The van der Waals surface area contributed by atoms with Gasteiger partial charge in [0.25, 0.3) is 0 Å². The molecule has 0 spiro atoms. The number of pyridine rings is 1. The molecule has 1 aliphatic rings. The van der Waals surface area contributed by atoms with Crippen LogP contribution in [0.25, 0.3) is 22.6 Å². The van der Waals surface area contributed by atoms with Gasteiger partial charge >= 0.3 is 0 Å². The quantitative estimate of drug-likeness (QED) is 0.699. The molecule has 142 valence electrons. The second kappa shape index (κ2) is 7.35. The minimum Gasteiger partial charge on any atom is -0.545 e. The molecule has 0 amide bonds. The van der Waals surface area contributed by atoms with Gasteiger partial charge in [-0.1, -0.05) is 30.3 Å². The Morgan fingerprint density at radius 1 is 1.07 bits per heavy atom. The summed E-state index contributed by atoms with van der Waals surface area (Å²) in [5.74, 6) is 0.135. The van der Waals surface area contributed by atoms with Crippen molar-refractivity contribution in [1.29, 1.82) is 0 Å². The molecular formula is C23H20NO4-. The van der Waals surface area contributed by atoms with Crippen LogP contribution in [0.1, 0.15) is 40.0 Å². The summed E-state index contributed by atoms with van der Waals surface area (Å²) >= 11 is 0. The van der Waals surface area contributed by atoms with E-state index >= 15 is 0 Å². The Morgan fingerprint density at radius 2 is 1.89 bits per heavy atom. The van der Waals surface area contributed by atoms with Crippen LogP contribution in [0, 0.1) is 0 Å². The molecule has 0 saturated heterocycles. The molecule has 5 heteroatoms. The molecule has 4 rings (SSSR count). The van der Waals surface area contributed by atoms with Crippen LogP contribution in [0.5, 0.6) is 11.5 Å². The summed E-state index contributed by atoms with van der Waals surface area (Å²) in [4.78, 5) is 16.7. The Labute approximate surface area is 163 Å². The predicted octanol–water partition coefficient (Wildman–Crippen LogP) is 3.49. The van der Waals surface area contributed by atoms with Crippen LogP contribution in [0.15, 0.2) is 42.5 Å². The standard InChI is InChI=1S/C23H21NO4/c1-27-19-12-6-8-15(22(19)28-2)13-14-7-5-10-17-20(23(25)26)16-9-3-4-11-18(16)24-21(14)17/h3-4,6,8-9,11-13H,5,7,10H2,1-2H3,(H,25,26)/p-1/b14-13+. The number of ether oxygens (including phenoxy) is 2. The number of rotatable bonds is 4. The van der Waals surface area contributed by atoms with Crippen LogP contribution in [0.4, 0.5) is 0 Å². The number of hydrogen-bond donors (Lipinski definition) is 0. The molecule has 0 radical (unpaired) electrons. The summed E-state index contributed by atoms with van der Waals surface area (Å²) in [6.45, 7) is 0. The van der Waals surface area contributed by atoms with Crippen LogP contribution in [-0.2, 0) is 6.42 Å². The van der Waals surface area contributed by atoms with Crippen molar-refractivity contribution in [3.05, 3.63) is 64.8 Å². The molecule has 0 fully saturated rings. The third-order valence-electron chi connectivity index (χ3n) is 5.14. The van der Waals surface area contributed by atoms with Crippen molar-refractivity contribution in [3.63, 3.8) is 0 Å². The van der Waals surface area contributed by atoms with Crippen LogP contribution in [-0.4, -0.2) is 25.2 Å².